The Bertz CT molecular complexity index is 2550. The van der Waals surface area contributed by atoms with Crippen LogP contribution in [0.2, 0.25) is 0 Å². The third-order valence-corrected chi connectivity index (χ3v) is 19.5. The van der Waals surface area contributed by atoms with Crippen molar-refractivity contribution in [3.8, 4) is 0 Å². The van der Waals surface area contributed by atoms with E-state index in [1.54, 1.807) is 0 Å². The zero-order chi connectivity index (χ0) is 53.1. The van der Waals surface area contributed by atoms with Crippen LogP contribution in [-0.2, 0) is 60.2 Å². The van der Waals surface area contributed by atoms with Gasteiger partial charge in [-0.05, 0) is 107 Å². The Morgan fingerprint density at radius 1 is 0.959 bits per heavy atom. The van der Waals surface area contributed by atoms with Gasteiger partial charge in [0, 0.05) is 48.2 Å². The highest BCUT2D eigenvalue weighted by Gasteiger charge is 2.71. The van der Waals surface area contributed by atoms with Crippen LogP contribution in [0.15, 0.2) is 33.5 Å². The standard InChI is InChI=1S/C45H65N4O21P3/c1-43-13-11-30(18-28(43)9-10-32-33(43)20-36(52)44(2)31(12-14-45(32,44)58)27-17-40(55)66-23-27)65-24-29(50)19-38(54)47-15-5-3-4-8-37(53)46-16-6-7-26-22-49(42(57)48-41(26)56)39-21-34(51)35(68-39)25-67-73(63,64)70-71(59)69-72(60,61)62/h6-7,17,22,28,30-36,39,51-52,58H,3-5,8-16,18-21,23-25H2,1-2H3,(H5-,46,47,48,53,54,56,57,60,61,62,63,64)/p+1/b7-6+/t28-,30+,31-,32-,33+,34+,35-,36-,39-,43+,44+,45+/m1/s1. The van der Waals surface area contributed by atoms with Gasteiger partial charge in [-0.1, -0.05) is 32.4 Å². The number of cyclic esters (lactones) is 1. The first-order chi connectivity index (χ1) is 34.3. The minimum atomic E-state index is -5.33. The van der Waals surface area contributed by atoms with E-state index in [0.29, 0.717) is 51.0 Å². The number of phosphoric acid groups is 2. The molecule has 4 aliphatic carbocycles. The Morgan fingerprint density at radius 3 is 2.45 bits per heavy atom. The molecule has 1 saturated heterocycles. The fourth-order valence-corrected chi connectivity index (χ4v) is 14.8. The zero-order valence-electron chi connectivity index (χ0n) is 40.5. The summed E-state index contributed by atoms with van der Waals surface area (Å²) in [4.78, 5) is 104. The van der Waals surface area contributed by atoms with Gasteiger partial charge in [-0.25, -0.2) is 18.7 Å². The number of amides is 2. The van der Waals surface area contributed by atoms with Crippen molar-refractivity contribution >= 4 is 53.5 Å². The van der Waals surface area contributed by atoms with E-state index in [1.165, 1.54) is 18.2 Å². The van der Waals surface area contributed by atoms with Gasteiger partial charge >= 0.3 is 35.6 Å². The summed E-state index contributed by atoms with van der Waals surface area (Å²) in [5.74, 6) is -1.05. The van der Waals surface area contributed by atoms with Crippen LogP contribution in [0.3, 0.4) is 0 Å². The summed E-state index contributed by atoms with van der Waals surface area (Å²) >= 11 is 0. The number of phosphoric ester groups is 1. The first-order valence-electron chi connectivity index (χ1n) is 24.5. The monoisotopic (exact) mass is 1090 g/mol. The molecule has 4 saturated carbocycles. The number of ether oxygens (including phenoxy) is 3. The molecule has 0 radical (unpaired) electrons. The fourth-order valence-electron chi connectivity index (χ4n) is 12.5. The van der Waals surface area contributed by atoms with Gasteiger partial charge in [0.2, 0.25) is 11.8 Å². The predicted octanol–water partition coefficient (Wildman–Crippen LogP) is 2.46. The molecule has 0 bridgehead atoms. The average Bonchev–Trinajstić information content (AvgIpc) is 3.98. The number of rotatable bonds is 23. The van der Waals surface area contributed by atoms with E-state index in [0.717, 1.165) is 48.4 Å². The molecule has 28 heteroatoms. The van der Waals surface area contributed by atoms with E-state index < -0.39 is 83.2 Å². The van der Waals surface area contributed by atoms with Crippen molar-refractivity contribution in [2.75, 3.05) is 32.9 Å². The highest BCUT2D eigenvalue weighted by Crippen LogP contribution is 2.70. The molecule has 2 aliphatic heterocycles. The number of aliphatic hydroxyl groups excluding tert-OH is 2. The number of aromatic nitrogens is 2. The van der Waals surface area contributed by atoms with Gasteiger partial charge in [0.25, 0.3) is 5.56 Å². The summed E-state index contributed by atoms with van der Waals surface area (Å²) in [5.41, 5.74) is -2.78. The molecular formula is C45H66N4O21P3+. The quantitative estimate of drug-likeness (QED) is 0.0329. The number of aromatic amines is 1. The fraction of sp³-hybridized carbons (Fsp3) is 0.733. The molecule has 0 spiro atoms. The number of nitrogens with one attached hydrogen (secondary N) is 3. The number of nitrogens with zero attached hydrogens (tertiary/aromatic N) is 1. The number of H-pyrrole nitrogens is 1. The number of fused-ring (bicyclic) bond motifs is 5. The highest BCUT2D eigenvalue weighted by molar-refractivity contribution is 7.61. The number of carbonyl (C=O) groups excluding carboxylic acids is 4. The first-order valence-corrected chi connectivity index (χ1v) is 28.6. The van der Waals surface area contributed by atoms with Gasteiger partial charge < -0.3 is 50.0 Å². The third-order valence-electron chi connectivity index (χ3n) is 16.2. The number of hydrogen-bond acceptors (Lipinski definition) is 18. The number of unbranched alkanes of at least 4 members (excludes halogenated alkanes) is 2. The third kappa shape index (κ3) is 13.3. The van der Waals surface area contributed by atoms with Crippen molar-refractivity contribution in [1.82, 2.24) is 20.2 Å². The lowest BCUT2D eigenvalue weighted by atomic mass is 9.42. The van der Waals surface area contributed by atoms with Gasteiger partial charge in [0.15, 0.2) is 5.78 Å². The molecule has 406 valence electrons. The Kier molecular flexibility index (Phi) is 18.2. The zero-order valence-corrected chi connectivity index (χ0v) is 43.2. The molecule has 2 amide bonds. The van der Waals surface area contributed by atoms with E-state index in [-0.39, 0.29) is 91.5 Å². The predicted molar refractivity (Wildman–Crippen MR) is 253 cm³/mol. The highest BCUT2D eigenvalue weighted by atomic mass is 31.3. The molecule has 73 heavy (non-hydrogen) atoms. The maximum absolute atomic E-state index is 12.8. The molecule has 2 unspecified atom stereocenters. The number of Topliss-reactive ketones (excluding diaryl/α,β-unsaturated/α-hetero) is 1. The van der Waals surface area contributed by atoms with Crippen LogP contribution < -0.4 is 21.9 Å². The number of esters is 1. The smallest absolute Gasteiger partial charge is 0.458 e. The molecule has 1 aromatic heterocycles. The Labute approximate surface area is 420 Å². The topological polar surface area (TPSA) is 375 Å². The largest absolute Gasteiger partial charge is 0.719 e. The molecule has 1 aromatic rings. The van der Waals surface area contributed by atoms with E-state index in [9.17, 15) is 62.7 Å². The molecule has 3 heterocycles. The van der Waals surface area contributed by atoms with Crippen LogP contribution in [-0.4, -0.2) is 126 Å². The van der Waals surface area contributed by atoms with E-state index in [1.807, 2.05) is 6.92 Å². The van der Waals surface area contributed by atoms with Crippen LogP contribution in [0.25, 0.3) is 6.08 Å². The van der Waals surface area contributed by atoms with Gasteiger partial charge in [-0.15, -0.1) is 0 Å². The second-order valence-corrected chi connectivity index (χ2v) is 24.4. The number of hydrogen-bond donors (Lipinski definition) is 9. The molecule has 0 aromatic carbocycles. The Morgan fingerprint density at radius 2 is 1.73 bits per heavy atom. The molecular weight excluding hydrogens is 1030 g/mol. The van der Waals surface area contributed by atoms with Gasteiger partial charge in [0.05, 0.1) is 42.5 Å². The molecule has 5 fully saturated rings. The van der Waals surface area contributed by atoms with Crippen molar-refractivity contribution in [2.45, 2.75) is 140 Å². The second-order valence-electron chi connectivity index (χ2n) is 20.5. The SMILES string of the molecule is C[C@]12CC[C@H](OCC(=O)CC(=O)NCCCCCC(=O)NC/C=C/c3cn([C@H]4C[C@H](O)[C@@H](COP(=O)(O)O[P+](=O)OP(=O)(O)O)O4)c(=O)[nH]c3=O)C[C@H]1CC[C@@H]1[C@@H]2C[C@@H](O)[C@]2(C)[C@@H](C3=CC(=O)OC3)CC[C@]12O. The van der Waals surface area contributed by atoms with Crippen LogP contribution in [0.4, 0.5) is 0 Å². The number of carbonyl (C=O) groups is 4. The molecule has 25 nitrogen and oxygen atoms in total. The lowest BCUT2D eigenvalue weighted by Gasteiger charge is -2.65. The van der Waals surface area contributed by atoms with Crippen molar-refractivity contribution in [3.05, 3.63) is 50.3 Å². The second kappa shape index (κ2) is 23.3. The van der Waals surface area contributed by atoms with Crippen LogP contribution in [0.1, 0.15) is 116 Å². The molecule has 9 N–H and O–H groups in total. The minimum absolute atomic E-state index is 0.0224. The summed E-state index contributed by atoms with van der Waals surface area (Å²) in [5, 5.41) is 40.1. The summed E-state index contributed by atoms with van der Waals surface area (Å²) in [7, 11) is -14.3. The van der Waals surface area contributed by atoms with Crippen molar-refractivity contribution in [2.24, 2.45) is 34.5 Å². The van der Waals surface area contributed by atoms with Crippen molar-refractivity contribution in [1.29, 1.82) is 0 Å². The average molecular weight is 1090 g/mol. The maximum atomic E-state index is 12.8. The van der Waals surface area contributed by atoms with Crippen molar-refractivity contribution in [3.63, 3.8) is 0 Å². The Hall–Kier alpha value is -3.64. The maximum Gasteiger partial charge on any atom is 0.719 e. The number of ketones is 1. The summed E-state index contributed by atoms with van der Waals surface area (Å²) in [6.07, 6.45) is 7.92. The van der Waals surface area contributed by atoms with Gasteiger partial charge in [-0.3, -0.25) is 38.1 Å². The normalized spacial score (nSPS) is 34.0. The van der Waals surface area contributed by atoms with Crippen LogP contribution >= 0.6 is 23.9 Å². The Balaban J connectivity index is 0.751. The van der Waals surface area contributed by atoms with Crippen LogP contribution in [0, 0.1) is 34.5 Å². The lowest BCUT2D eigenvalue weighted by Crippen LogP contribution is -2.67. The summed E-state index contributed by atoms with van der Waals surface area (Å²) in [6.45, 7) is 3.81. The van der Waals surface area contributed by atoms with E-state index >= 15 is 0 Å². The molecule has 6 aliphatic rings. The summed E-state index contributed by atoms with van der Waals surface area (Å²) in [6, 6.07) is 0. The molecule has 7 rings (SSSR count). The first kappa shape index (κ1) is 57.1. The lowest BCUT2D eigenvalue weighted by molar-refractivity contribution is -0.245. The molecule has 14 atom stereocenters. The van der Waals surface area contributed by atoms with E-state index in [4.69, 9.17) is 24.0 Å². The van der Waals surface area contributed by atoms with E-state index in [2.05, 4.69) is 35.7 Å². The minimum Gasteiger partial charge on any atom is -0.458 e. The summed E-state index contributed by atoms with van der Waals surface area (Å²) < 4.78 is 64.2. The van der Waals surface area contributed by atoms with Gasteiger partial charge in [-0.2, -0.15) is 0 Å². The van der Waals surface area contributed by atoms with Crippen LogP contribution in [0.5, 0.6) is 0 Å². The van der Waals surface area contributed by atoms with Crippen molar-refractivity contribution < 1.29 is 90.2 Å². The van der Waals surface area contributed by atoms with Gasteiger partial charge in [0.1, 0.15) is 25.5 Å². The number of aliphatic hydroxyl groups is 3.